The normalized spacial score (nSPS) is 14.3. The molecule has 27 heavy (non-hydrogen) atoms. The summed E-state index contributed by atoms with van der Waals surface area (Å²) in [6.07, 6.45) is 1.81. The monoisotopic (exact) mass is 381 g/mol. The number of anilines is 1. The standard InChI is InChI=1S/C21H17ClFN3O/c22-19-13-20(23)18(11-14(19)3-5-24)16-4-6-25-21-12-15(1-2-17(16)21)26-7-9-27-10-8-26/h1-2,4,6,11-13H,3,7-10H2. The number of nitriles is 1. The first-order chi connectivity index (χ1) is 13.2. The number of ether oxygens (including phenoxy) is 1. The highest BCUT2D eigenvalue weighted by molar-refractivity contribution is 6.31. The fourth-order valence-corrected chi connectivity index (χ4v) is 3.63. The van der Waals surface area contributed by atoms with Crippen molar-refractivity contribution in [3.63, 3.8) is 0 Å². The summed E-state index contributed by atoms with van der Waals surface area (Å²) in [7, 11) is 0. The van der Waals surface area contributed by atoms with Crippen molar-refractivity contribution in [1.29, 1.82) is 5.26 Å². The maximum atomic E-state index is 14.6. The molecule has 6 heteroatoms. The molecule has 0 saturated carbocycles. The van der Waals surface area contributed by atoms with Crippen molar-refractivity contribution in [2.45, 2.75) is 6.42 Å². The van der Waals surface area contributed by atoms with Gasteiger partial charge in [-0.05, 0) is 41.5 Å². The second-order valence-corrected chi connectivity index (χ2v) is 6.82. The van der Waals surface area contributed by atoms with E-state index in [-0.39, 0.29) is 11.4 Å². The van der Waals surface area contributed by atoms with Gasteiger partial charge in [0.25, 0.3) is 0 Å². The zero-order chi connectivity index (χ0) is 18.8. The molecule has 0 atom stereocenters. The van der Waals surface area contributed by atoms with E-state index in [1.807, 2.05) is 18.2 Å². The molecule has 0 unspecified atom stereocenters. The predicted octanol–water partition coefficient (Wildman–Crippen LogP) is 4.60. The summed E-state index contributed by atoms with van der Waals surface area (Å²) >= 11 is 6.07. The van der Waals surface area contributed by atoms with Crippen molar-refractivity contribution in [2.24, 2.45) is 0 Å². The van der Waals surface area contributed by atoms with Crippen LogP contribution in [-0.2, 0) is 11.2 Å². The number of halogens is 2. The largest absolute Gasteiger partial charge is 0.378 e. The first-order valence-corrected chi connectivity index (χ1v) is 9.12. The Bertz CT molecular complexity index is 1040. The summed E-state index contributed by atoms with van der Waals surface area (Å²) in [5, 5.41) is 10.1. The summed E-state index contributed by atoms with van der Waals surface area (Å²) in [4.78, 5) is 6.73. The van der Waals surface area contributed by atoms with Crippen molar-refractivity contribution in [3.05, 3.63) is 59.0 Å². The van der Waals surface area contributed by atoms with E-state index in [9.17, 15) is 4.39 Å². The quantitative estimate of drug-likeness (QED) is 0.665. The first-order valence-electron chi connectivity index (χ1n) is 8.74. The zero-order valence-electron chi connectivity index (χ0n) is 14.6. The van der Waals surface area contributed by atoms with E-state index in [4.69, 9.17) is 21.6 Å². The third-order valence-corrected chi connectivity index (χ3v) is 5.15. The molecule has 2 aromatic carbocycles. The van der Waals surface area contributed by atoms with Crippen molar-refractivity contribution in [2.75, 3.05) is 31.2 Å². The lowest BCUT2D eigenvalue weighted by Gasteiger charge is -2.29. The summed E-state index contributed by atoms with van der Waals surface area (Å²) in [5.41, 5.74) is 3.66. The van der Waals surface area contributed by atoms with Crippen molar-refractivity contribution >= 4 is 28.2 Å². The number of morpholine rings is 1. The van der Waals surface area contributed by atoms with Crippen molar-refractivity contribution < 1.29 is 9.13 Å². The highest BCUT2D eigenvalue weighted by atomic mass is 35.5. The Morgan fingerprint density at radius 1 is 1.15 bits per heavy atom. The Hall–Kier alpha value is -2.68. The van der Waals surface area contributed by atoms with Crippen LogP contribution in [0.2, 0.25) is 5.02 Å². The van der Waals surface area contributed by atoms with Crippen LogP contribution in [0.1, 0.15) is 5.56 Å². The van der Waals surface area contributed by atoms with Gasteiger partial charge >= 0.3 is 0 Å². The lowest BCUT2D eigenvalue weighted by molar-refractivity contribution is 0.122. The van der Waals surface area contributed by atoms with Gasteiger partial charge in [0.15, 0.2) is 0 Å². The van der Waals surface area contributed by atoms with Crippen LogP contribution < -0.4 is 4.90 Å². The Balaban J connectivity index is 1.81. The first kappa shape index (κ1) is 17.7. The molecule has 4 rings (SSSR count). The Morgan fingerprint density at radius 3 is 2.74 bits per heavy atom. The van der Waals surface area contributed by atoms with Crippen LogP contribution in [0.25, 0.3) is 22.0 Å². The SMILES string of the molecule is N#CCc1cc(-c2ccnc3cc(N4CCOCC4)ccc23)c(F)cc1Cl. The van der Waals surface area contributed by atoms with Crippen LogP contribution >= 0.6 is 11.6 Å². The highest BCUT2D eigenvalue weighted by Crippen LogP contribution is 2.34. The molecule has 0 amide bonds. The van der Waals surface area contributed by atoms with Crippen molar-refractivity contribution in [3.8, 4) is 17.2 Å². The van der Waals surface area contributed by atoms with Crippen LogP contribution in [0, 0.1) is 17.1 Å². The molecule has 0 bridgehead atoms. The van der Waals surface area contributed by atoms with E-state index in [2.05, 4.69) is 16.0 Å². The molecule has 1 saturated heterocycles. The van der Waals surface area contributed by atoms with Gasteiger partial charge in [-0.15, -0.1) is 0 Å². The smallest absolute Gasteiger partial charge is 0.132 e. The van der Waals surface area contributed by atoms with Gasteiger partial charge in [-0.2, -0.15) is 5.26 Å². The second kappa shape index (κ2) is 7.51. The number of hydrogen-bond acceptors (Lipinski definition) is 4. The maximum Gasteiger partial charge on any atom is 0.132 e. The molecule has 1 aliphatic rings. The van der Waals surface area contributed by atoms with E-state index in [0.717, 1.165) is 35.2 Å². The van der Waals surface area contributed by atoms with Crippen LogP contribution in [0.15, 0.2) is 42.6 Å². The lowest BCUT2D eigenvalue weighted by atomic mass is 9.98. The average Bonchev–Trinajstić information content (AvgIpc) is 2.70. The summed E-state index contributed by atoms with van der Waals surface area (Å²) < 4.78 is 20.1. The molecule has 4 nitrogen and oxygen atoms in total. The third kappa shape index (κ3) is 3.46. The summed E-state index contributed by atoms with van der Waals surface area (Å²) in [5.74, 6) is -0.411. The van der Waals surface area contributed by atoms with Crippen molar-refractivity contribution in [1.82, 2.24) is 4.98 Å². The van der Waals surface area contributed by atoms with Crippen LogP contribution in [-0.4, -0.2) is 31.3 Å². The third-order valence-electron chi connectivity index (χ3n) is 4.80. The fraction of sp³-hybridized carbons (Fsp3) is 0.238. The Labute approximate surface area is 161 Å². The number of fused-ring (bicyclic) bond motifs is 1. The highest BCUT2D eigenvalue weighted by Gasteiger charge is 2.15. The van der Waals surface area contributed by atoms with Gasteiger partial charge in [0.1, 0.15) is 5.82 Å². The second-order valence-electron chi connectivity index (χ2n) is 6.42. The molecule has 3 aromatic rings. The molecule has 0 aliphatic carbocycles. The van der Waals surface area contributed by atoms with Gasteiger partial charge in [0.2, 0.25) is 0 Å². The summed E-state index contributed by atoms with van der Waals surface area (Å²) in [6.45, 7) is 3.11. The van der Waals surface area contributed by atoms with E-state index in [0.29, 0.717) is 24.3 Å². The van der Waals surface area contributed by atoms with E-state index in [1.54, 1.807) is 18.3 Å². The molecule has 1 aromatic heterocycles. The van der Waals surface area contributed by atoms with E-state index in [1.165, 1.54) is 6.07 Å². The fourth-order valence-electron chi connectivity index (χ4n) is 3.41. The Morgan fingerprint density at radius 2 is 1.96 bits per heavy atom. The predicted molar refractivity (Wildman–Crippen MR) is 104 cm³/mol. The van der Waals surface area contributed by atoms with Crippen LogP contribution in [0.3, 0.4) is 0 Å². The van der Waals surface area contributed by atoms with Gasteiger partial charge in [-0.25, -0.2) is 4.39 Å². The summed E-state index contributed by atoms with van der Waals surface area (Å²) in [6, 6.07) is 12.8. The number of hydrogen-bond donors (Lipinski definition) is 0. The number of nitrogens with zero attached hydrogens (tertiary/aromatic N) is 3. The molecular formula is C21H17ClFN3O. The number of aromatic nitrogens is 1. The molecule has 0 radical (unpaired) electrons. The molecule has 136 valence electrons. The van der Waals surface area contributed by atoms with Crippen LogP contribution in [0.4, 0.5) is 10.1 Å². The van der Waals surface area contributed by atoms with E-state index >= 15 is 0 Å². The zero-order valence-corrected chi connectivity index (χ0v) is 15.3. The average molecular weight is 382 g/mol. The molecule has 0 N–H and O–H groups in total. The van der Waals surface area contributed by atoms with Gasteiger partial charge in [0, 0.05) is 40.9 Å². The number of rotatable bonds is 3. The Kier molecular flexibility index (Phi) is 4.93. The minimum absolute atomic E-state index is 0.135. The molecule has 1 aliphatic heterocycles. The molecule has 1 fully saturated rings. The number of benzene rings is 2. The maximum absolute atomic E-state index is 14.6. The lowest BCUT2D eigenvalue weighted by Crippen LogP contribution is -2.36. The van der Waals surface area contributed by atoms with Gasteiger partial charge < -0.3 is 9.64 Å². The van der Waals surface area contributed by atoms with Gasteiger partial charge in [-0.3, -0.25) is 4.98 Å². The molecule has 0 spiro atoms. The minimum atomic E-state index is -0.411. The topological polar surface area (TPSA) is 49.2 Å². The molecular weight excluding hydrogens is 365 g/mol. The number of pyridine rings is 1. The van der Waals surface area contributed by atoms with Crippen LogP contribution in [0.5, 0.6) is 0 Å². The minimum Gasteiger partial charge on any atom is -0.378 e. The molecule has 2 heterocycles. The van der Waals surface area contributed by atoms with E-state index < -0.39 is 5.82 Å². The van der Waals surface area contributed by atoms with Gasteiger partial charge in [-0.1, -0.05) is 17.7 Å². The van der Waals surface area contributed by atoms with Gasteiger partial charge in [0.05, 0.1) is 31.2 Å².